The van der Waals surface area contributed by atoms with Crippen molar-refractivity contribution in [3.8, 4) is 0 Å². The van der Waals surface area contributed by atoms with Gasteiger partial charge in [0, 0.05) is 5.92 Å². The Morgan fingerprint density at radius 3 is 1.96 bits per heavy atom. The molecule has 0 aromatic heterocycles. The predicted molar refractivity (Wildman–Crippen MR) is 99.2 cm³/mol. The van der Waals surface area contributed by atoms with E-state index in [1.807, 2.05) is 48.5 Å². The van der Waals surface area contributed by atoms with Gasteiger partial charge in [0.2, 0.25) is 5.91 Å². The molecule has 1 aliphatic carbocycles. The summed E-state index contributed by atoms with van der Waals surface area (Å²) in [6, 6.07) is 20.4. The van der Waals surface area contributed by atoms with Crippen LogP contribution >= 0.6 is 7.82 Å². The van der Waals surface area contributed by atoms with Gasteiger partial charge in [-0.25, -0.2) is 4.57 Å². The van der Waals surface area contributed by atoms with E-state index in [1.54, 1.807) is 0 Å². The summed E-state index contributed by atoms with van der Waals surface area (Å²) in [4.78, 5) is 34.0. The van der Waals surface area contributed by atoms with Gasteiger partial charge >= 0.3 is 7.82 Å². The summed E-state index contributed by atoms with van der Waals surface area (Å²) in [5.41, 5.74) is 7.64. The number of hydrogen-bond acceptors (Lipinski definition) is 2. The van der Waals surface area contributed by atoms with E-state index in [0.717, 1.165) is 31.2 Å². The van der Waals surface area contributed by atoms with Crippen LogP contribution in [-0.4, -0.2) is 20.6 Å². The van der Waals surface area contributed by atoms with Crippen molar-refractivity contribution in [1.29, 1.82) is 0 Å². The van der Waals surface area contributed by atoms with Crippen molar-refractivity contribution in [2.75, 3.05) is 0 Å². The quantitative estimate of drug-likeness (QED) is 0.613. The molecule has 0 heterocycles. The van der Waals surface area contributed by atoms with Gasteiger partial charge in [0.25, 0.3) is 0 Å². The first-order valence-electron chi connectivity index (χ1n) is 8.44. The van der Waals surface area contributed by atoms with E-state index in [4.69, 9.17) is 25.0 Å². The second-order valence-corrected chi connectivity index (χ2v) is 7.45. The molecule has 2 aromatic carbocycles. The smallest absolute Gasteiger partial charge is 0.369 e. The molecule has 0 bridgehead atoms. The van der Waals surface area contributed by atoms with Crippen molar-refractivity contribution in [3.05, 3.63) is 71.8 Å². The van der Waals surface area contributed by atoms with Gasteiger partial charge in [-0.3, -0.25) is 4.79 Å². The average molecular weight is 377 g/mol. The van der Waals surface area contributed by atoms with Crippen molar-refractivity contribution >= 4 is 13.7 Å². The summed E-state index contributed by atoms with van der Waals surface area (Å²) in [6.07, 6.45) is 4.07. The van der Waals surface area contributed by atoms with Crippen LogP contribution in [-0.2, 0) is 14.8 Å². The van der Waals surface area contributed by atoms with Crippen molar-refractivity contribution in [1.82, 2.24) is 0 Å². The molecule has 6 nitrogen and oxygen atoms in total. The normalized spacial score (nSPS) is 22.8. The molecule has 1 saturated carbocycles. The van der Waals surface area contributed by atoms with Crippen molar-refractivity contribution in [2.24, 2.45) is 5.73 Å². The molecule has 0 radical (unpaired) electrons. The maximum atomic E-state index is 12.5. The Morgan fingerprint density at radius 1 is 0.962 bits per heavy atom. The predicted octanol–water partition coefficient (Wildman–Crippen LogP) is 2.84. The topological polar surface area (TPSA) is 121 Å². The standard InChI is InChI=1S/C19H21NO.H3O4P/c20-18(21)19(16-11-5-2-6-12-16)14-8-7-13-17(19)15-9-3-1-4-10-15;1-5(2,3)4/h1-6,9-12,17H,7-8,13-14H2,(H2,20,21);(H3,1,2,3,4). The summed E-state index contributed by atoms with van der Waals surface area (Å²) < 4.78 is 8.88. The zero-order valence-electron chi connectivity index (χ0n) is 14.4. The average Bonchev–Trinajstić information content (AvgIpc) is 2.61. The van der Waals surface area contributed by atoms with Gasteiger partial charge < -0.3 is 20.4 Å². The Morgan fingerprint density at radius 2 is 1.46 bits per heavy atom. The van der Waals surface area contributed by atoms with E-state index in [2.05, 4.69) is 12.1 Å². The minimum Gasteiger partial charge on any atom is -0.369 e. The molecular weight excluding hydrogens is 353 g/mol. The molecule has 0 aliphatic heterocycles. The fourth-order valence-corrected chi connectivity index (χ4v) is 3.83. The molecule has 2 unspecified atom stereocenters. The summed E-state index contributed by atoms with van der Waals surface area (Å²) in [6.45, 7) is 0. The Kier molecular flexibility index (Phi) is 6.73. The van der Waals surface area contributed by atoms with E-state index in [0.29, 0.717) is 0 Å². The highest BCUT2D eigenvalue weighted by molar-refractivity contribution is 7.45. The summed E-state index contributed by atoms with van der Waals surface area (Å²) in [5, 5.41) is 0. The van der Waals surface area contributed by atoms with E-state index < -0.39 is 13.2 Å². The lowest BCUT2D eigenvalue weighted by Crippen LogP contribution is -2.47. The van der Waals surface area contributed by atoms with Crippen LogP contribution in [0.15, 0.2) is 60.7 Å². The fourth-order valence-electron chi connectivity index (χ4n) is 3.83. The highest BCUT2D eigenvalue weighted by Gasteiger charge is 2.47. The third-order valence-electron chi connectivity index (χ3n) is 4.84. The van der Waals surface area contributed by atoms with Crippen LogP contribution in [0.4, 0.5) is 0 Å². The summed E-state index contributed by atoms with van der Waals surface area (Å²) in [7, 11) is -4.64. The third kappa shape index (κ3) is 5.02. The Labute approximate surface area is 152 Å². The van der Waals surface area contributed by atoms with Gasteiger partial charge in [-0.15, -0.1) is 0 Å². The zero-order chi connectivity index (χ0) is 19.2. The Hall–Kier alpha value is -1.98. The van der Waals surface area contributed by atoms with E-state index in [9.17, 15) is 4.79 Å². The summed E-state index contributed by atoms with van der Waals surface area (Å²) >= 11 is 0. The molecule has 3 rings (SSSR count). The van der Waals surface area contributed by atoms with Gasteiger partial charge in [-0.1, -0.05) is 73.5 Å². The van der Waals surface area contributed by atoms with Crippen molar-refractivity contribution in [2.45, 2.75) is 37.0 Å². The molecule has 1 aliphatic rings. The second kappa shape index (κ2) is 8.60. The molecule has 2 atom stereocenters. The number of carbonyl (C=O) groups is 1. The van der Waals surface area contributed by atoms with Crippen LogP contribution in [0.3, 0.4) is 0 Å². The SMILES string of the molecule is NC(=O)C1(c2ccccc2)CCCCC1c1ccccc1.O=P(O)(O)O. The monoisotopic (exact) mass is 377 g/mol. The van der Waals surface area contributed by atoms with E-state index in [1.165, 1.54) is 5.56 Å². The zero-order valence-corrected chi connectivity index (χ0v) is 15.3. The lowest BCUT2D eigenvalue weighted by Gasteiger charge is -2.42. The largest absolute Gasteiger partial charge is 0.466 e. The fraction of sp³-hybridized carbons (Fsp3) is 0.316. The number of hydrogen-bond donors (Lipinski definition) is 4. The maximum Gasteiger partial charge on any atom is 0.466 e. The number of nitrogens with two attached hydrogens (primary N) is 1. The molecule has 1 amide bonds. The first-order chi connectivity index (χ1) is 12.2. The van der Waals surface area contributed by atoms with Crippen LogP contribution < -0.4 is 5.73 Å². The highest BCUT2D eigenvalue weighted by atomic mass is 31.2. The molecule has 0 saturated heterocycles. The minimum absolute atomic E-state index is 0.173. The molecule has 140 valence electrons. The molecule has 2 aromatic rings. The van der Waals surface area contributed by atoms with Gasteiger partial charge in [0.15, 0.2) is 0 Å². The first kappa shape index (κ1) is 20.3. The number of phosphoric acid groups is 1. The molecule has 1 fully saturated rings. The van der Waals surface area contributed by atoms with Gasteiger partial charge in [-0.05, 0) is 24.0 Å². The van der Waals surface area contributed by atoms with Gasteiger partial charge in [0.1, 0.15) is 0 Å². The number of benzene rings is 2. The lowest BCUT2D eigenvalue weighted by atomic mass is 9.60. The first-order valence-corrected chi connectivity index (χ1v) is 10.0. The second-order valence-electron chi connectivity index (χ2n) is 6.42. The van der Waals surface area contributed by atoms with Gasteiger partial charge in [-0.2, -0.15) is 0 Å². The van der Waals surface area contributed by atoms with Crippen LogP contribution in [0.25, 0.3) is 0 Å². The van der Waals surface area contributed by atoms with E-state index in [-0.39, 0.29) is 11.8 Å². The maximum absolute atomic E-state index is 12.5. The molecule has 5 N–H and O–H groups in total. The highest BCUT2D eigenvalue weighted by Crippen LogP contribution is 2.49. The van der Waals surface area contributed by atoms with Crippen LogP contribution in [0.5, 0.6) is 0 Å². The van der Waals surface area contributed by atoms with Crippen LogP contribution in [0.1, 0.15) is 42.7 Å². The van der Waals surface area contributed by atoms with Crippen molar-refractivity contribution in [3.63, 3.8) is 0 Å². The Balaban J connectivity index is 0.000000431. The number of carbonyl (C=O) groups excluding carboxylic acids is 1. The van der Waals surface area contributed by atoms with E-state index >= 15 is 0 Å². The lowest BCUT2D eigenvalue weighted by molar-refractivity contribution is -0.125. The molecule has 0 spiro atoms. The van der Waals surface area contributed by atoms with Gasteiger partial charge in [0.05, 0.1) is 5.41 Å². The van der Waals surface area contributed by atoms with Crippen LogP contribution in [0.2, 0.25) is 0 Å². The number of primary amides is 1. The molecular formula is C19H24NO5P. The van der Waals surface area contributed by atoms with Crippen molar-refractivity contribution < 1.29 is 24.0 Å². The minimum atomic E-state index is -4.64. The molecule has 7 heteroatoms. The summed E-state index contributed by atoms with van der Waals surface area (Å²) in [5.74, 6) is -0.0189. The number of rotatable bonds is 3. The number of amides is 1. The van der Waals surface area contributed by atoms with Crippen LogP contribution in [0, 0.1) is 0 Å². The third-order valence-corrected chi connectivity index (χ3v) is 4.84. The Bertz CT molecular complexity index is 754. The molecule has 26 heavy (non-hydrogen) atoms.